The maximum atomic E-state index is 11.7. The van der Waals surface area contributed by atoms with Crippen LogP contribution in [0.15, 0.2) is 0 Å². The van der Waals surface area contributed by atoms with E-state index in [0.29, 0.717) is 24.4 Å². The summed E-state index contributed by atoms with van der Waals surface area (Å²) in [6.45, 7) is 1.84. The molecular formula is C13H20N2O. The summed E-state index contributed by atoms with van der Waals surface area (Å²) in [6.07, 6.45) is 10.7. The Balaban J connectivity index is 1.77. The molecule has 2 aliphatic heterocycles. The van der Waals surface area contributed by atoms with Crippen molar-refractivity contribution in [2.45, 2.75) is 57.2 Å². The van der Waals surface area contributed by atoms with Gasteiger partial charge in [-0.25, -0.2) is 0 Å². The minimum absolute atomic E-state index is 0.108. The van der Waals surface area contributed by atoms with E-state index in [2.05, 4.69) is 16.6 Å². The summed E-state index contributed by atoms with van der Waals surface area (Å²) in [7, 11) is 0. The molecular weight excluding hydrogens is 200 g/mol. The normalized spacial score (nSPS) is 34.1. The Kier molecular flexibility index (Phi) is 3.50. The number of piperidine rings is 1. The summed E-state index contributed by atoms with van der Waals surface area (Å²) in [4.78, 5) is 11.7. The number of fused-ring (bicyclic) bond motifs is 2. The molecule has 0 aromatic heterocycles. The van der Waals surface area contributed by atoms with Crippen LogP contribution in [0, 0.1) is 18.3 Å². The van der Waals surface area contributed by atoms with Gasteiger partial charge in [0.05, 0.1) is 6.04 Å². The van der Waals surface area contributed by atoms with Gasteiger partial charge in [0, 0.05) is 18.5 Å². The van der Waals surface area contributed by atoms with Gasteiger partial charge in [-0.2, -0.15) is 0 Å². The van der Waals surface area contributed by atoms with Crippen LogP contribution in [-0.4, -0.2) is 24.0 Å². The Morgan fingerprint density at radius 3 is 2.69 bits per heavy atom. The second kappa shape index (κ2) is 4.88. The molecule has 0 spiro atoms. The second-order valence-electron chi connectivity index (χ2n) is 5.14. The zero-order chi connectivity index (χ0) is 11.5. The molecule has 2 bridgehead atoms. The first kappa shape index (κ1) is 11.5. The number of nitrogens with one attached hydrogen (secondary N) is 2. The average Bonchev–Trinajstić information content (AvgIpc) is 2.57. The zero-order valence-electron chi connectivity index (χ0n) is 9.83. The lowest BCUT2D eigenvalue weighted by molar-refractivity contribution is -0.122. The van der Waals surface area contributed by atoms with Crippen molar-refractivity contribution >= 4 is 5.91 Å². The molecule has 0 aromatic rings. The highest BCUT2D eigenvalue weighted by molar-refractivity contribution is 5.76. The monoisotopic (exact) mass is 220 g/mol. The largest absolute Gasteiger partial charge is 0.343 e. The predicted octanol–water partition coefficient (Wildman–Crippen LogP) is 1.04. The third kappa shape index (κ3) is 2.76. The number of carbonyl (C=O) groups excluding carboxylic acids is 1. The van der Waals surface area contributed by atoms with Crippen molar-refractivity contribution in [2.24, 2.45) is 5.92 Å². The summed E-state index contributed by atoms with van der Waals surface area (Å²) >= 11 is 0. The maximum Gasteiger partial charge on any atom is 0.221 e. The van der Waals surface area contributed by atoms with Gasteiger partial charge in [0.2, 0.25) is 5.91 Å². The van der Waals surface area contributed by atoms with Crippen LogP contribution in [0.3, 0.4) is 0 Å². The molecule has 3 nitrogen and oxygen atoms in total. The first-order valence-electron chi connectivity index (χ1n) is 6.19. The quantitative estimate of drug-likeness (QED) is 0.698. The van der Waals surface area contributed by atoms with Gasteiger partial charge in [-0.3, -0.25) is 4.79 Å². The third-order valence-corrected chi connectivity index (χ3v) is 3.67. The lowest BCUT2D eigenvalue weighted by Crippen LogP contribution is -2.40. The van der Waals surface area contributed by atoms with Gasteiger partial charge < -0.3 is 10.6 Å². The van der Waals surface area contributed by atoms with E-state index < -0.39 is 0 Å². The van der Waals surface area contributed by atoms with E-state index >= 15 is 0 Å². The highest BCUT2D eigenvalue weighted by Gasteiger charge is 2.34. The lowest BCUT2D eigenvalue weighted by atomic mass is 9.89. The van der Waals surface area contributed by atoms with Gasteiger partial charge in [-0.15, -0.1) is 6.42 Å². The van der Waals surface area contributed by atoms with Crippen LogP contribution < -0.4 is 10.6 Å². The van der Waals surface area contributed by atoms with Crippen LogP contribution >= 0.6 is 0 Å². The van der Waals surface area contributed by atoms with E-state index in [1.165, 1.54) is 12.8 Å². The molecule has 88 valence electrons. The molecule has 0 radical (unpaired) electrons. The third-order valence-electron chi connectivity index (χ3n) is 3.67. The van der Waals surface area contributed by atoms with E-state index in [1.807, 2.05) is 6.92 Å². The number of carbonyl (C=O) groups is 1. The van der Waals surface area contributed by atoms with Crippen molar-refractivity contribution < 1.29 is 4.79 Å². The molecule has 16 heavy (non-hydrogen) atoms. The lowest BCUT2D eigenvalue weighted by Gasteiger charge is -2.28. The molecule has 2 rings (SSSR count). The number of amides is 1. The van der Waals surface area contributed by atoms with Crippen LogP contribution in [-0.2, 0) is 4.79 Å². The molecule has 1 amide bonds. The van der Waals surface area contributed by atoms with E-state index in [1.54, 1.807) is 0 Å². The molecule has 3 atom stereocenters. The molecule has 3 unspecified atom stereocenters. The second-order valence-corrected chi connectivity index (χ2v) is 5.14. The summed E-state index contributed by atoms with van der Waals surface area (Å²) in [5, 5.41) is 6.41. The predicted molar refractivity (Wildman–Crippen MR) is 63.7 cm³/mol. The Hall–Kier alpha value is -1.01. The van der Waals surface area contributed by atoms with E-state index in [0.717, 1.165) is 12.8 Å². The first-order valence-corrected chi connectivity index (χ1v) is 6.19. The van der Waals surface area contributed by atoms with Gasteiger partial charge in [-0.05, 0) is 38.5 Å². The van der Waals surface area contributed by atoms with E-state index in [9.17, 15) is 4.79 Å². The first-order chi connectivity index (χ1) is 7.67. The van der Waals surface area contributed by atoms with E-state index in [4.69, 9.17) is 6.42 Å². The summed E-state index contributed by atoms with van der Waals surface area (Å²) in [5.74, 6) is 3.17. The van der Waals surface area contributed by atoms with E-state index in [-0.39, 0.29) is 11.9 Å². The molecule has 2 saturated heterocycles. The van der Waals surface area contributed by atoms with Crippen molar-refractivity contribution in [2.75, 3.05) is 0 Å². The zero-order valence-corrected chi connectivity index (χ0v) is 9.83. The maximum absolute atomic E-state index is 11.7. The van der Waals surface area contributed by atoms with Crippen LogP contribution in [0.4, 0.5) is 0 Å². The summed E-state index contributed by atoms with van der Waals surface area (Å²) < 4.78 is 0. The highest BCUT2D eigenvalue weighted by Crippen LogP contribution is 2.32. The fourth-order valence-electron chi connectivity index (χ4n) is 2.95. The molecule has 0 saturated carbocycles. The van der Waals surface area contributed by atoms with Gasteiger partial charge in [-0.1, -0.05) is 5.92 Å². The van der Waals surface area contributed by atoms with Gasteiger partial charge >= 0.3 is 0 Å². The smallest absolute Gasteiger partial charge is 0.221 e. The Bertz CT molecular complexity index is 296. The van der Waals surface area contributed by atoms with Crippen molar-refractivity contribution in [1.29, 1.82) is 0 Å². The molecule has 0 aliphatic carbocycles. The SMILES string of the molecule is C#CC(C)NC(=O)CC1CC2CCC(C1)N2. The Morgan fingerprint density at radius 2 is 2.12 bits per heavy atom. The van der Waals surface area contributed by atoms with Crippen LogP contribution in [0.25, 0.3) is 0 Å². The fourth-order valence-corrected chi connectivity index (χ4v) is 2.95. The molecule has 0 aromatic carbocycles. The summed E-state index contributed by atoms with van der Waals surface area (Å²) in [6, 6.07) is 1.16. The molecule has 2 N–H and O–H groups in total. The van der Waals surface area contributed by atoms with Crippen LogP contribution in [0.5, 0.6) is 0 Å². The van der Waals surface area contributed by atoms with Crippen LogP contribution in [0.2, 0.25) is 0 Å². The summed E-state index contributed by atoms with van der Waals surface area (Å²) in [5.41, 5.74) is 0. The molecule has 2 aliphatic rings. The van der Waals surface area contributed by atoms with Gasteiger partial charge in [0.15, 0.2) is 0 Å². The minimum Gasteiger partial charge on any atom is -0.343 e. The number of hydrogen-bond acceptors (Lipinski definition) is 2. The number of terminal acetylenes is 1. The fraction of sp³-hybridized carbons (Fsp3) is 0.769. The van der Waals surface area contributed by atoms with Gasteiger partial charge in [0.25, 0.3) is 0 Å². The van der Waals surface area contributed by atoms with Gasteiger partial charge in [0.1, 0.15) is 0 Å². The van der Waals surface area contributed by atoms with Crippen molar-refractivity contribution in [3.63, 3.8) is 0 Å². The minimum atomic E-state index is -0.147. The molecule has 2 fully saturated rings. The van der Waals surface area contributed by atoms with Crippen molar-refractivity contribution in [1.82, 2.24) is 10.6 Å². The number of rotatable bonds is 3. The Labute approximate surface area is 97.4 Å². The molecule has 2 heterocycles. The average molecular weight is 220 g/mol. The Morgan fingerprint density at radius 1 is 1.50 bits per heavy atom. The van der Waals surface area contributed by atoms with Crippen LogP contribution in [0.1, 0.15) is 39.0 Å². The van der Waals surface area contributed by atoms with Crippen molar-refractivity contribution in [3.05, 3.63) is 0 Å². The van der Waals surface area contributed by atoms with Crippen molar-refractivity contribution in [3.8, 4) is 12.3 Å². The number of hydrogen-bond donors (Lipinski definition) is 2. The standard InChI is InChI=1S/C13H20N2O/c1-3-9(2)14-13(16)8-10-6-11-4-5-12(7-10)15-11/h1,9-12,15H,4-8H2,2H3,(H,14,16). The topological polar surface area (TPSA) is 41.1 Å². The molecule has 3 heteroatoms. The highest BCUT2D eigenvalue weighted by atomic mass is 16.1.